The maximum atomic E-state index is 12.8. The number of nitro benzene ring substituents is 1. The van der Waals surface area contributed by atoms with Gasteiger partial charge in [-0.25, -0.2) is 4.39 Å². The van der Waals surface area contributed by atoms with Gasteiger partial charge in [0.05, 0.1) is 4.92 Å². The van der Waals surface area contributed by atoms with E-state index in [1.165, 1.54) is 24.3 Å². The van der Waals surface area contributed by atoms with Crippen molar-refractivity contribution < 1.29 is 18.9 Å². The molecule has 0 fully saturated rings. The molecular formula is C15H10ClFN4O4S. The number of rotatable bonds is 3. The van der Waals surface area contributed by atoms with Crippen molar-refractivity contribution in [1.82, 2.24) is 16.2 Å². The molecule has 0 bridgehead atoms. The van der Waals surface area contributed by atoms with Gasteiger partial charge < -0.3 is 0 Å². The maximum absolute atomic E-state index is 12.8. The predicted molar refractivity (Wildman–Crippen MR) is 95.2 cm³/mol. The Labute approximate surface area is 156 Å². The van der Waals surface area contributed by atoms with Crippen LogP contribution in [0.25, 0.3) is 0 Å². The van der Waals surface area contributed by atoms with Crippen LogP contribution < -0.4 is 16.2 Å². The molecule has 0 heterocycles. The second kappa shape index (κ2) is 8.32. The maximum Gasteiger partial charge on any atom is 0.288 e. The highest BCUT2D eigenvalue weighted by molar-refractivity contribution is 7.80. The fourth-order valence-electron chi connectivity index (χ4n) is 1.79. The first-order chi connectivity index (χ1) is 12.3. The van der Waals surface area contributed by atoms with Crippen molar-refractivity contribution in [2.24, 2.45) is 0 Å². The molecule has 0 aliphatic rings. The average molecular weight is 397 g/mol. The van der Waals surface area contributed by atoms with Crippen LogP contribution in [0.3, 0.4) is 0 Å². The van der Waals surface area contributed by atoms with Gasteiger partial charge in [0.25, 0.3) is 17.5 Å². The molecule has 3 N–H and O–H groups in total. The Kier molecular flexibility index (Phi) is 6.15. The summed E-state index contributed by atoms with van der Waals surface area (Å²) in [5.41, 5.74) is 4.16. The molecule has 0 saturated carbocycles. The average Bonchev–Trinajstić information content (AvgIpc) is 2.60. The van der Waals surface area contributed by atoms with Crippen molar-refractivity contribution in [1.29, 1.82) is 0 Å². The Morgan fingerprint density at radius 1 is 1.04 bits per heavy atom. The summed E-state index contributed by atoms with van der Waals surface area (Å²) >= 11 is 10.5. The highest BCUT2D eigenvalue weighted by Crippen LogP contribution is 2.24. The highest BCUT2D eigenvalue weighted by Gasteiger charge is 2.16. The Hall–Kier alpha value is -3.11. The number of amides is 2. The summed E-state index contributed by atoms with van der Waals surface area (Å²) in [5.74, 6) is -1.84. The smallest absolute Gasteiger partial charge is 0.288 e. The molecule has 0 aromatic heterocycles. The minimum absolute atomic E-state index is 0.0405. The molecule has 2 rings (SSSR count). The van der Waals surface area contributed by atoms with Crippen molar-refractivity contribution in [2.45, 2.75) is 0 Å². The van der Waals surface area contributed by atoms with E-state index in [4.69, 9.17) is 23.8 Å². The number of hydrogen-bond acceptors (Lipinski definition) is 5. The van der Waals surface area contributed by atoms with Crippen molar-refractivity contribution in [2.75, 3.05) is 0 Å². The van der Waals surface area contributed by atoms with Gasteiger partial charge in [-0.2, -0.15) is 0 Å². The van der Waals surface area contributed by atoms with Crippen LogP contribution in [0.5, 0.6) is 0 Å². The monoisotopic (exact) mass is 396 g/mol. The minimum Gasteiger partial charge on any atom is -0.298 e. The standard InChI is InChI=1S/C15H10ClFN4O4S/c16-11-6-3-9(7-12(11)21(24)25)14(23)19-20-15(26)18-13(22)8-1-4-10(17)5-2-8/h1-7H,(H,19,23)(H2,18,20,22,26). The van der Waals surface area contributed by atoms with E-state index in [2.05, 4.69) is 16.2 Å². The zero-order chi connectivity index (χ0) is 19.3. The number of nitro groups is 1. The van der Waals surface area contributed by atoms with Gasteiger partial charge in [0.15, 0.2) is 5.11 Å². The van der Waals surface area contributed by atoms with Crippen LogP contribution in [0.1, 0.15) is 20.7 Å². The number of nitrogens with zero attached hydrogens (tertiary/aromatic N) is 1. The van der Waals surface area contributed by atoms with Crippen LogP contribution >= 0.6 is 23.8 Å². The first-order valence-corrected chi connectivity index (χ1v) is 7.67. The molecule has 2 amide bonds. The summed E-state index contributed by atoms with van der Waals surface area (Å²) in [5, 5.41) is 12.8. The van der Waals surface area contributed by atoms with Crippen molar-refractivity contribution in [3.05, 3.63) is 74.5 Å². The van der Waals surface area contributed by atoms with E-state index in [0.717, 1.165) is 18.2 Å². The number of thiocarbonyl (C=S) groups is 1. The van der Waals surface area contributed by atoms with Gasteiger partial charge in [-0.1, -0.05) is 11.6 Å². The second-order valence-corrected chi connectivity index (χ2v) is 5.61. The molecule has 0 aliphatic heterocycles. The molecule has 2 aromatic carbocycles. The highest BCUT2D eigenvalue weighted by atomic mass is 35.5. The van der Waals surface area contributed by atoms with E-state index in [-0.39, 0.29) is 21.3 Å². The van der Waals surface area contributed by atoms with E-state index >= 15 is 0 Å². The number of carbonyl (C=O) groups is 2. The van der Waals surface area contributed by atoms with Gasteiger partial charge in [0.1, 0.15) is 10.8 Å². The predicted octanol–water partition coefficient (Wildman–Crippen LogP) is 2.34. The number of benzene rings is 2. The SMILES string of the molecule is O=C(NNC(=S)NC(=O)c1ccc(F)cc1)c1ccc(Cl)c([N+](=O)[O-])c1. The van der Waals surface area contributed by atoms with Crippen LogP contribution in [-0.2, 0) is 0 Å². The van der Waals surface area contributed by atoms with E-state index in [1.807, 2.05) is 0 Å². The fraction of sp³-hybridized carbons (Fsp3) is 0. The third-order valence-electron chi connectivity index (χ3n) is 3.03. The molecule has 0 radical (unpaired) electrons. The third kappa shape index (κ3) is 4.94. The van der Waals surface area contributed by atoms with E-state index < -0.39 is 28.2 Å². The van der Waals surface area contributed by atoms with Crippen molar-refractivity contribution in [3.8, 4) is 0 Å². The third-order valence-corrected chi connectivity index (χ3v) is 3.55. The van der Waals surface area contributed by atoms with Crippen LogP contribution in [0.4, 0.5) is 10.1 Å². The van der Waals surface area contributed by atoms with Crippen LogP contribution in [-0.4, -0.2) is 21.9 Å². The van der Waals surface area contributed by atoms with Crippen molar-refractivity contribution in [3.63, 3.8) is 0 Å². The molecule has 11 heteroatoms. The Bertz CT molecular complexity index is 892. The van der Waals surface area contributed by atoms with Gasteiger partial charge in [-0.05, 0) is 48.6 Å². The van der Waals surface area contributed by atoms with E-state index in [0.29, 0.717) is 0 Å². The summed E-state index contributed by atoms with van der Waals surface area (Å²) in [6.45, 7) is 0. The number of nitrogens with one attached hydrogen (secondary N) is 3. The normalized spacial score (nSPS) is 9.92. The molecule has 0 unspecified atom stereocenters. The topological polar surface area (TPSA) is 113 Å². The molecule has 134 valence electrons. The van der Waals surface area contributed by atoms with Crippen LogP contribution in [0, 0.1) is 15.9 Å². The van der Waals surface area contributed by atoms with Gasteiger partial charge in [-0.3, -0.25) is 35.9 Å². The van der Waals surface area contributed by atoms with Gasteiger partial charge >= 0.3 is 0 Å². The summed E-state index contributed by atoms with van der Waals surface area (Å²) < 4.78 is 12.8. The largest absolute Gasteiger partial charge is 0.298 e. The number of hydrogen-bond donors (Lipinski definition) is 3. The number of hydrazine groups is 1. The second-order valence-electron chi connectivity index (χ2n) is 4.79. The number of halogens is 2. The Balaban J connectivity index is 1.93. The van der Waals surface area contributed by atoms with Crippen molar-refractivity contribution >= 4 is 46.4 Å². The summed E-state index contributed by atoms with van der Waals surface area (Å²) in [6, 6.07) is 8.24. The summed E-state index contributed by atoms with van der Waals surface area (Å²) in [7, 11) is 0. The molecule has 0 atom stereocenters. The lowest BCUT2D eigenvalue weighted by molar-refractivity contribution is -0.384. The molecule has 0 spiro atoms. The van der Waals surface area contributed by atoms with Gasteiger partial charge in [-0.15, -0.1) is 0 Å². The van der Waals surface area contributed by atoms with E-state index in [9.17, 15) is 24.1 Å². The molecule has 26 heavy (non-hydrogen) atoms. The Morgan fingerprint density at radius 3 is 2.27 bits per heavy atom. The number of carbonyl (C=O) groups excluding carboxylic acids is 2. The fourth-order valence-corrected chi connectivity index (χ4v) is 2.12. The van der Waals surface area contributed by atoms with Crippen LogP contribution in [0.2, 0.25) is 5.02 Å². The lowest BCUT2D eigenvalue weighted by Crippen LogP contribution is -2.48. The Morgan fingerprint density at radius 2 is 1.65 bits per heavy atom. The molecule has 0 saturated heterocycles. The summed E-state index contributed by atoms with van der Waals surface area (Å²) in [4.78, 5) is 33.9. The summed E-state index contributed by atoms with van der Waals surface area (Å²) in [6.07, 6.45) is 0. The van der Waals surface area contributed by atoms with E-state index in [1.54, 1.807) is 0 Å². The first kappa shape index (κ1) is 19.2. The zero-order valence-corrected chi connectivity index (χ0v) is 14.4. The van der Waals surface area contributed by atoms with Crippen LogP contribution in [0.15, 0.2) is 42.5 Å². The molecule has 8 nitrogen and oxygen atoms in total. The lowest BCUT2D eigenvalue weighted by Gasteiger charge is -2.11. The first-order valence-electron chi connectivity index (χ1n) is 6.89. The molecule has 2 aromatic rings. The molecule has 0 aliphatic carbocycles. The minimum atomic E-state index is -0.733. The quantitative estimate of drug-likeness (QED) is 0.417. The lowest BCUT2D eigenvalue weighted by atomic mass is 10.2. The van der Waals surface area contributed by atoms with Gasteiger partial charge in [0, 0.05) is 17.2 Å². The zero-order valence-electron chi connectivity index (χ0n) is 12.8. The molecular weight excluding hydrogens is 387 g/mol. The van der Waals surface area contributed by atoms with Gasteiger partial charge in [0.2, 0.25) is 0 Å².